The van der Waals surface area contributed by atoms with E-state index in [0.717, 1.165) is 0 Å². The number of aromatic nitrogens is 2. The molecule has 140 valence electrons. The Hall–Kier alpha value is -2.70. The van der Waals surface area contributed by atoms with Gasteiger partial charge in [0.2, 0.25) is 0 Å². The topological polar surface area (TPSA) is 84.2 Å². The number of hydrogen-bond acceptors (Lipinski definition) is 3. The molecule has 0 bridgehead atoms. The van der Waals surface area contributed by atoms with Crippen molar-refractivity contribution in [2.24, 2.45) is 5.41 Å². The number of nitrogens with zero attached hydrogens (tertiary/aromatic N) is 2. The molecule has 7 heteroatoms. The number of para-hydroxylation sites is 1. The second-order valence-electron chi connectivity index (χ2n) is 7.47. The van der Waals surface area contributed by atoms with Gasteiger partial charge in [-0.15, -0.1) is 0 Å². The van der Waals surface area contributed by atoms with E-state index in [1.54, 1.807) is 25.1 Å². The summed E-state index contributed by atoms with van der Waals surface area (Å²) < 4.78 is 15.3. The number of carbonyl (C=O) groups is 2. The first-order chi connectivity index (χ1) is 12.1. The largest absolute Gasteiger partial charge is 0.480 e. The van der Waals surface area contributed by atoms with Crippen molar-refractivity contribution in [3.63, 3.8) is 0 Å². The molecule has 1 heterocycles. The monoisotopic (exact) mass is 361 g/mol. The standard InChI is InChI=1S/C19H24FN3O3/c1-12-13(11-21-23(12)16-8-6-5-7-14(16)20)17(24)22-15(18(25)26)9-10-19(2,3)4/h5-8,11,15H,9-10H2,1-4H3,(H,22,24)(H,25,26). The fraction of sp³-hybridized carbons (Fsp3) is 0.421. The highest BCUT2D eigenvalue weighted by molar-refractivity contribution is 5.97. The molecule has 0 saturated heterocycles. The van der Waals surface area contributed by atoms with E-state index in [-0.39, 0.29) is 16.7 Å². The Kier molecular flexibility index (Phi) is 5.79. The van der Waals surface area contributed by atoms with E-state index in [1.807, 2.05) is 20.8 Å². The number of aliphatic carboxylic acids is 1. The third kappa shape index (κ3) is 4.68. The van der Waals surface area contributed by atoms with Crippen molar-refractivity contribution >= 4 is 11.9 Å². The SMILES string of the molecule is Cc1c(C(=O)NC(CCC(C)(C)C)C(=O)O)cnn1-c1ccccc1F. The van der Waals surface area contributed by atoms with Crippen LogP contribution in [-0.2, 0) is 4.79 Å². The number of amides is 1. The summed E-state index contributed by atoms with van der Waals surface area (Å²) in [4.78, 5) is 24.0. The van der Waals surface area contributed by atoms with Gasteiger partial charge in [-0.05, 0) is 37.3 Å². The van der Waals surface area contributed by atoms with Gasteiger partial charge in [0.15, 0.2) is 0 Å². The van der Waals surface area contributed by atoms with Crippen LogP contribution in [0.4, 0.5) is 4.39 Å². The first-order valence-electron chi connectivity index (χ1n) is 8.43. The molecule has 1 unspecified atom stereocenters. The van der Waals surface area contributed by atoms with E-state index in [2.05, 4.69) is 10.4 Å². The van der Waals surface area contributed by atoms with Gasteiger partial charge >= 0.3 is 5.97 Å². The van der Waals surface area contributed by atoms with Crippen LogP contribution in [-0.4, -0.2) is 32.8 Å². The van der Waals surface area contributed by atoms with Crippen LogP contribution in [0, 0.1) is 18.2 Å². The predicted molar refractivity (Wildman–Crippen MR) is 95.8 cm³/mol. The maximum Gasteiger partial charge on any atom is 0.326 e. The first kappa shape index (κ1) is 19.6. The van der Waals surface area contributed by atoms with Gasteiger partial charge in [-0.2, -0.15) is 5.10 Å². The molecule has 26 heavy (non-hydrogen) atoms. The van der Waals surface area contributed by atoms with Crippen LogP contribution in [0.1, 0.15) is 49.7 Å². The Bertz CT molecular complexity index is 809. The normalized spacial score (nSPS) is 12.7. The number of rotatable bonds is 6. The van der Waals surface area contributed by atoms with E-state index >= 15 is 0 Å². The first-order valence-corrected chi connectivity index (χ1v) is 8.43. The van der Waals surface area contributed by atoms with Gasteiger partial charge in [-0.1, -0.05) is 32.9 Å². The maximum atomic E-state index is 14.0. The molecule has 2 N–H and O–H groups in total. The molecular weight excluding hydrogens is 337 g/mol. The summed E-state index contributed by atoms with van der Waals surface area (Å²) in [6, 6.07) is 5.12. The third-order valence-corrected chi connectivity index (χ3v) is 4.12. The van der Waals surface area contributed by atoms with Crippen molar-refractivity contribution in [1.82, 2.24) is 15.1 Å². The molecule has 0 radical (unpaired) electrons. The Morgan fingerprint density at radius 2 is 1.96 bits per heavy atom. The summed E-state index contributed by atoms with van der Waals surface area (Å²) in [5, 5.41) is 16.0. The minimum absolute atomic E-state index is 0.0376. The number of carboxylic acids is 1. The predicted octanol–water partition coefficient (Wildman–Crippen LogP) is 3.33. The fourth-order valence-corrected chi connectivity index (χ4v) is 2.57. The van der Waals surface area contributed by atoms with Crippen LogP contribution in [0.5, 0.6) is 0 Å². The van der Waals surface area contributed by atoms with E-state index in [1.165, 1.54) is 16.9 Å². The molecule has 0 aliphatic carbocycles. The van der Waals surface area contributed by atoms with Crippen molar-refractivity contribution in [3.05, 3.63) is 47.5 Å². The van der Waals surface area contributed by atoms with Crippen LogP contribution in [0.15, 0.2) is 30.5 Å². The highest BCUT2D eigenvalue weighted by Crippen LogP contribution is 2.22. The van der Waals surface area contributed by atoms with E-state index in [4.69, 9.17) is 0 Å². The number of hydrogen-bond donors (Lipinski definition) is 2. The van der Waals surface area contributed by atoms with Crippen molar-refractivity contribution in [3.8, 4) is 5.69 Å². The summed E-state index contributed by atoms with van der Waals surface area (Å²) in [5.74, 6) is -2.08. The van der Waals surface area contributed by atoms with Crippen LogP contribution in [0.3, 0.4) is 0 Å². The molecule has 0 aliphatic rings. The number of benzene rings is 1. The van der Waals surface area contributed by atoms with E-state index in [9.17, 15) is 19.1 Å². The number of halogens is 1. The lowest BCUT2D eigenvalue weighted by Gasteiger charge is -2.21. The Morgan fingerprint density at radius 1 is 1.31 bits per heavy atom. The molecule has 1 aromatic carbocycles. The lowest BCUT2D eigenvalue weighted by atomic mass is 9.88. The average Bonchev–Trinajstić information content (AvgIpc) is 2.92. The minimum Gasteiger partial charge on any atom is -0.480 e. The highest BCUT2D eigenvalue weighted by atomic mass is 19.1. The van der Waals surface area contributed by atoms with Gasteiger partial charge in [0.25, 0.3) is 5.91 Å². The summed E-state index contributed by atoms with van der Waals surface area (Å²) in [6.07, 6.45) is 2.29. The van der Waals surface area contributed by atoms with Crippen LogP contribution in [0.25, 0.3) is 5.69 Å². The van der Waals surface area contributed by atoms with Gasteiger partial charge in [0, 0.05) is 0 Å². The smallest absolute Gasteiger partial charge is 0.326 e. The number of nitrogens with one attached hydrogen (secondary N) is 1. The van der Waals surface area contributed by atoms with Crippen molar-refractivity contribution < 1.29 is 19.1 Å². The highest BCUT2D eigenvalue weighted by Gasteiger charge is 2.25. The average molecular weight is 361 g/mol. The van der Waals surface area contributed by atoms with E-state index < -0.39 is 23.7 Å². The molecule has 2 aromatic rings. The van der Waals surface area contributed by atoms with Gasteiger partial charge in [0.1, 0.15) is 17.5 Å². The molecule has 0 fully saturated rings. The molecule has 1 amide bonds. The van der Waals surface area contributed by atoms with Gasteiger partial charge in [-0.25, -0.2) is 13.9 Å². The van der Waals surface area contributed by atoms with Gasteiger partial charge in [0.05, 0.1) is 17.5 Å². The summed E-state index contributed by atoms with van der Waals surface area (Å²) in [6.45, 7) is 7.67. The molecule has 0 aliphatic heterocycles. The summed E-state index contributed by atoms with van der Waals surface area (Å²) >= 11 is 0. The van der Waals surface area contributed by atoms with E-state index in [0.29, 0.717) is 18.5 Å². The van der Waals surface area contributed by atoms with Crippen LogP contribution >= 0.6 is 0 Å². The molecule has 0 saturated carbocycles. The van der Waals surface area contributed by atoms with Crippen molar-refractivity contribution in [2.75, 3.05) is 0 Å². The Morgan fingerprint density at radius 3 is 2.54 bits per heavy atom. The van der Waals surface area contributed by atoms with Crippen LogP contribution in [0.2, 0.25) is 0 Å². The van der Waals surface area contributed by atoms with Crippen LogP contribution < -0.4 is 5.32 Å². The zero-order valence-electron chi connectivity index (χ0n) is 15.4. The zero-order valence-corrected chi connectivity index (χ0v) is 15.4. The number of carbonyl (C=O) groups excluding carboxylic acids is 1. The van der Waals surface area contributed by atoms with Crippen molar-refractivity contribution in [1.29, 1.82) is 0 Å². The number of carboxylic acid groups (broad SMARTS) is 1. The Labute approximate surface area is 152 Å². The molecule has 2 rings (SSSR count). The third-order valence-electron chi connectivity index (χ3n) is 4.12. The maximum absolute atomic E-state index is 14.0. The minimum atomic E-state index is -1.08. The Balaban J connectivity index is 2.19. The lowest BCUT2D eigenvalue weighted by Crippen LogP contribution is -2.41. The molecular formula is C19H24FN3O3. The molecule has 0 spiro atoms. The molecule has 1 aromatic heterocycles. The van der Waals surface area contributed by atoms with Gasteiger partial charge < -0.3 is 10.4 Å². The summed E-state index contributed by atoms with van der Waals surface area (Å²) in [5.41, 5.74) is 0.846. The molecule has 1 atom stereocenters. The second-order valence-corrected chi connectivity index (χ2v) is 7.47. The second kappa shape index (κ2) is 7.68. The zero-order chi connectivity index (χ0) is 19.5. The van der Waals surface area contributed by atoms with Gasteiger partial charge in [-0.3, -0.25) is 4.79 Å². The lowest BCUT2D eigenvalue weighted by molar-refractivity contribution is -0.139. The fourth-order valence-electron chi connectivity index (χ4n) is 2.57. The summed E-state index contributed by atoms with van der Waals surface area (Å²) in [7, 11) is 0. The quantitative estimate of drug-likeness (QED) is 0.827. The van der Waals surface area contributed by atoms with Crippen molar-refractivity contribution in [2.45, 2.75) is 46.6 Å². The molecule has 6 nitrogen and oxygen atoms in total.